The van der Waals surface area contributed by atoms with Gasteiger partial charge in [-0.05, 0) is 49.7 Å². The standard InChI is InChI=1S/C19H22N2S/c1-2-20-12-11-15(13-20)14-21-16-7-3-5-9-18(16)22-19-10-6-4-8-17(19)21/h3-10,15H,2,11-14H2,1H3/t15-/m0/s1. The van der Waals surface area contributed by atoms with E-state index in [9.17, 15) is 0 Å². The highest BCUT2D eigenvalue weighted by molar-refractivity contribution is 7.99. The predicted octanol–water partition coefficient (Wildman–Crippen LogP) is 4.63. The second-order valence-corrected chi connectivity index (χ2v) is 7.28. The van der Waals surface area contributed by atoms with Gasteiger partial charge >= 0.3 is 0 Å². The van der Waals surface area contributed by atoms with Crippen LogP contribution in [0.3, 0.4) is 0 Å². The van der Waals surface area contributed by atoms with Gasteiger partial charge in [-0.15, -0.1) is 0 Å². The zero-order valence-electron chi connectivity index (χ0n) is 13.0. The Hall–Kier alpha value is -1.45. The first-order valence-electron chi connectivity index (χ1n) is 8.21. The van der Waals surface area contributed by atoms with Crippen molar-refractivity contribution < 1.29 is 0 Å². The molecule has 3 heteroatoms. The lowest BCUT2D eigenvalue weighted by atomic mass is 10.1. The van der Waals surface area contributed by atoms with Crippen LogP contribution in [-0.4, -0.2) is 31.1 Å². The van der Waals surface area contributed by atoms with Crippen LogP contribution in [0.4, 0.5) is 11.4 Å². The maximum Gasteiger partial charge on any atom is 0.0552 e. The van der Waals surface area contributed by atoms with Gasteiger partial charge in [0.05, 0.1) is 11.4 Å². The van der Waals surface area contributed by atoms with Crippen molar-refractivity contribution in [3.63, 3.8) is 0 Å². The molecule has 0 saturated carbocycles. The van der Waals surface area contributed by atoms with Crippen molar-refractivity contribution in [3.05, 3.63) is 48.5 Å². The van der Waals surface area contributed by atoms with Crippen LogP contribution in [0.25, 0.3) is 0 Å². The number of hydrogen-bond donors (Lipinski definition) is 0. The predicted molar refractivity (Wildman–Crippen MR) is 94.2 cm³/mol. The Kier molecular flexibility index (Phi) is 3.85. The van der Waals surface area contributed by atoms with Gasteiger partial charge in [0.15, 0.2) is 0 Å². The molecule has 2 aliphatic rings. The second-order valence-electron chi connectivity index (χ2n) is 6.20. The van der Waals surface area contributed by atoms with E-state index in [4.69, 9.17) is 0 Å². The first-order chi connectivity index (χ1) is 10.8. The van der Waals surface area contributed by atoms with Gasteiger partial charge in [-0.25, -0.2) is 0 Å². The quantitative estimate of drug-likeness (QED) is 0.816. The Balaban J connectivity index is 1.66. The highest BCUT2D eigenvalue weighted by Gasteiger charge is 2.28. The SMILES string of the molecule is CCN1CC[C@H](CN2c3ccccc3Sc3ccccc32)C1. The van der Waals surface area contributed by atoms with Gasteiger partial charge in [0.25, 0.3) is 0 Å². The maximum atomic E-state index is 2.57. The number of para-hydroxylation sites is 2. The summed E-state index contributed by atoms with van der Waals surface area (Å²) in [6.45, 7) is 7.08. The first kappa shape index (κ1) is 14.2. The summed E-state index contributed by atoms with van der Waals surface area (Å²) in [6.07, 6.45) is 1.32. The topological polar surface area (TPSA) is 6.48 Å². The molecule has 2 aromatic rings. The van der Waals surface area contributed by atoms with Gasteiger partial charge < -0.3 is 9.80 Å². The fraction of sp³-hybridized carbons (Fsp3) is 0.368. The molecule has 0 aromatic heterocycles. The van der Waals surface area contributed by atoms with Crippen LogP contribution in [0.1, 0.15) is 13.3 Å². The molecule has 114 valence electrons. The molecule has 4 rings (SSSR count). The number of fused-ring (bicyclic) bond motifs is 2. The lowest BCUT2D eigenvalue weighted by Gasteiger charge is -2.34. The van der Waals surface area contributed by atoms with Crippen LogP contribution >= 0.6 is 11.8 Å². The van der Waals surface area contributed by atoms with E-state index >= 15 is 0 Å². The minimum atomic E-state index is 0.768. The Morgan fingerprint density at radius 2 is 1.64 bits per heavy atom. The Morgan fingerprint density at radius 1 is 1.00 bits per heavy atom. The van der Waals surface area contributed by atoms with E-state index in [0.717, 1.165) is 12.5 Å². The van der Waals surface area contributed by atoms with Gasteiger partial charge in [-0.1, -0.05) is 43.0 Å². The summed E-state index contributed by atoms with van der Waals surface area (Å²) in [5, 5.41) is 0. The minimum absolute atomic E-state index is 0.768. The fourth-order valence-corrected chi connectivity index (χ4v) is 4.68. The Bertz CT molecular complexity index is 624. The summed E-state index contributed by atoms with van der Waals surface area (Å²) in [5.74, 6) is 0.768. The van der Waals surface area contributed by atoms with Crippen molar-refractivity contribution in [2.75, 3.05) is 31.1 Å². The van der Waals surface area contributed by atoms with Crippen molar-refractivity contribution in [3.8, 4) is 0 Å². The lowest BCUT2D eigenvalue weighted by molar-refractivity contribution is 0.343. The Morgan fingerprint density at radius 3 is 2.23 bits per heavy atom. The molecule has 0 radical (unpaired) electrons. The summed E-state index contributed by atoms with van der Waals surface area (Å²) >= 11 is 1.90. The number of nitrogens with zero attached hydrogens (tertiary/aromatic N) is 2. The van der Waals surface area contributed by atoms with E-state index in [0.29, 0.717) is 0 Å². The second kappa shape index (κ2) is 5.98. The number of benzene rings is 2. The van der Waals surface area contributed by atoms with Crippen molar-refractivity contribution in [2.45, 2.75) is 23.1 Å². The maximum absolute atomic E-state index is 2.57. The van der Waals surface area contributed by atoms with Crippen molar-refractivity contribution >= 4 is 23.1 Å². The molecule has 2 heterocycles. The summed E-state index contributed by atoms with van der Waals surface area (Å²) < 4.78 is 0. The molecular weight excluding hydrogens is 288 g/mol. The van der Waals surface area contributed by atoms with Gasteiger partial charge in [-0.2, -0.15) is 0 Å². The Labute approximate surface area is 137 Å². The van der Waals surface area contributed by atoms with E-state index in [-0.39, 0.29) is 0 Å². The van der Waals surface area contributed by atoms with Gasteiger partial charge in [0.2, 0.25) is 0 Å². The van der Waals surface area contributed by atoms with E-state index in [1.54, 1.807) is 0 Å². The molecule has 2 aliphatic heterocycles. The molecule has 0 N–H and O–H groups in total. The number of rotatable bonds is 3. The molecule has 0 unspecified atom stereocenters. The van der Waals surface area contributed by atoms with Crippen LogP contribution in [0, 0.1) is 5.92 Å². The fourth-order valence-electron chi connectivity index (χ4n) is 3.59. The van der Waals surface area contributed by atoms with E-state index in [1.807, 2.05) is 11.8 Å². The summed E-state index contributed by atoms with van der Waals surface area (Å²) in [4.78, 5) is 7.88. The third-order valence-corrected chi connectivity index (χ3v) is 5.92. The lowest BCUT2D eigenvalue weighted by Crippen LogP contribution is -2.29. The molecule has 2 aromatic carbocycles. The normalized spacial score (nSPS) is 20.8. The van der Waals surface area contributed by atoms with E-state index in [2.05, 4.69) is 65.3 Å². The molecule has 1 atom stereocenters. The first-order valence-corrected chi connectivity index (χ1v) is 9.02. The monoisotopic (exact) mass is 310 g/mol. The average molecular weight is 310 g/mol. The average Bonchev–Trinajstić information content (AvgIpc) is 3.02. The molecule has 1 saturated heterocycles. The minimum Gasteiger partial charge on any atom is -0.339 e. The highest BCUT2D eigenvalue weighted by Crippen LogP contribution is 2.48. The molecule has 22 heavy (non-hydrogen) atoms. The van der Waals surface area contributed by atoms with Gasteiger partial charge in [0, 0.05) is 22.9 Å². The third-order valence-electron chi connectivity index (χ3n) is 4.79. The number of anilines is 2. The van der Waals surface area contributed by atoms with Crippen LogP contribution in [0.5, 0.6) is 0 Å². The van der Waals surface area contributed by atoms with Crippen molar-refractivity contribution in [1.29, 1.82) is 0 Å². The van der Waals surface area contributed by atoms with Crippen molar-refractivity contribution in [2.24, 2.45) is 5.92 Å². The van der Waals surface area contributed by atoms with E-state index < -0.39 is 0 Å². The molecular formula is C19H22N2S. The smallest absolute Gasteiger partial charge is 0.0552 e. The van der Waals surface area contributed by atoms with Crippen LogP contribution in [0.15, 0.2) is 58.3 Å². The highest BCUT2D eigenvalue weighted by atomic mass is 32.2. The summed E-state index contributed by atoms with van der Waals surface area (Å²) in [6, 6.07) is 17.6. The largest absolute Gasteiger partial charge is 0.339 e. The number of hydrogen-bond acceptors (Lipinski definition) is 3. The molecule has 0 bridgehead atoms. The zero-order valence-corrected chi connectivity index (χ0v) is 13.9. The van der Waals surface area contributed by atoms with E-state index in [1.165, 1.54) is 47.2 Å². The molecule has 1 fully saturated rings. The van der Waals surface area contributed by atoms with Crippen LogP contribution in [-0.2, 0) is 0 Å². The third kappa shape index (κ3) is 2.53. The summed E-state index contributed by atoms with van der Waals surface area (Å²) in [5.41, 5.74) is 2.75. The zero-order chi connectivity index (χ0) is 14.9. The molecule has 2 nitrogen and oxygen atoms in total. The van der Waals surface area contributed by atoms with Crippen LogP contribution in [0.2, 0.25) is 0 Å². The van der Waals surface area contributed by atoms with Crippen LogP contribution < -0.4 is 4.90 Å². The van der Waals surface area contributed by atoms with Gasteiger partial charge in [-0.3, -0.25) is 0 Å². The van der Waals surface area contributed by atoms with Gasteiger partial charge in [0.1, 0.15) is 0 Å². The van der Waals surface area contributed by atoms with Crippen molar-refractivity contribution in [1.82, 2.24) is 4.90 Å². The molecule has 0 amide bonds. The molecule has 0 spiro atoms. The summed E-state index contributed by atoms with van der Waals surface area (Å²) in [7, 11) is 0. The number of likely N-dealkylation sites (tertiary alicyclic amines) is 1. The molecule has 0 aliphatic carbocycles.